The van der Waals surface area contributed by atoms with Gasteiger partial charge in [-0.2, -0.15) is 4.98 Å². The monoisotopic (exact) mass is 217 g/mol. The second-order valence-electron chi connectivity index (χ2n) is 3.90. The molecule has 0 saturated heterocycles. The SMILES string of the molecule is Cc1nc(C(N)C(C)c2ccccc2)no1. The second kappa shape index (κ2) is 4.45. The van der Waals surface area contributed by atoms with Gasteiger partial charge in [0.1, 0.15) is 0 Å². The highest BCUT2D eigenvalue weighted by Gasteiger charge is 2.20. The fourth-order valence-corrected chi connectivity index (χ4v) is 1.64. The molecule has 0 amide bonds. The number of rotatable bonds is 3. The Labute approximate surface area is 94.5 Å². The Morgan fingerprint density at radius 1 is 1.25 bits per heavy atom. The van der Waals surface area contributed by atoms with Crippen molar-refractivity contribution in [1.29, 1.82) is 0 Å². The lowest BCUT2D eigenvalue weighted by Gasteiger charge is -2.16. The van der Waals surface area contributed by atoms with Crippen LogP contribution in [0.2, 0.25) is 0 Å². The first-order valence-electron chi connectivity index (χ1n) is 5.29. The standard InChI is InChI=1S/C12H15N3O/c1-8(10-6-4-3-5-7-10)11(13)12-14-9(2)16-15-12/h3-8,11H,13H2,1-2H3. The van der Waals surface area contributed by atoms with Crippen LogP contribution in [0.5, 0.6) is 0 Å². The van der Waals surface area contributed by atoms with Crippen LogP contribution in [0.4, 0.5) is 0 Å². The smallest absolute Gasteiger partial charge is 0.223 e. The molecule has 1 aromatic carbocycles. The zero-order chi connectivity index (χ0) is 11.5. The van der Waals surface area contributed by atoms with Crippen molar-refractivity contribution in [3.8, 4) is 0 Å². The largest absolute Gasteiger partial charge is 0.340 e. The van der Waals surface area contributed by atoms with Gasteiger partial charge < -0.3 is 10.3 Å². The normalized spacial score (nSPS) is 14.7. The van der Waals surface area contributed by atoms with Gasteiger partial charge in [-0.25, -0.2) is 0 Å². The van der Waals surface area contributed by atoms with E-state index in [2.05, 4.69) is 29.2 Å². The quantitative estimate of drug-likeness (QED) is 0.855. The summed E-state index contributed by atoms with van der Waals surface area (Å²) in [7, 11) is 0. The lowest BCUT2D eigenvalue weighted by molar-refractivity contribution is 0.380. The van der Waals surface area contributed by atoms with Crippen LogP contribution >= 0.6 is 0 Å². The average molecular weight is 217 g/mol. The summed E-state index contributed by atoms with van der Waals surface area (Å²) in [5.41, 5.74) is 7.28. The maximum Gasteiger partial charge on any atom is 0.223 e. The lowest BCUT2D eigenvalue weighted by Crippen LogP contribution is -2.19. The first-order chi connectivity index (χ1) is 7.68. The highest BCUT2D eigenvalue weighted by Crippen LogP contribution is 2.26. The van der Waals surface area contributed by atoms with Crippen molar-refractivity contribution in [1.82, 2.24) is 10.1 Å². The Bertz CT molecular complexity index is 452. The van der Waals surface area contributed by atoms with Crippen LogP contribution in [0.25, 0.3) is 0 Å². The first-order valence-corrected chi connectivity index (χ1v) is 5.29. The lowest BCUT2D eigenvalue weighted by atomic mass is 9.93. The van der Waals surface area contributed by atoms with Gasteiger partial charge in [-0.1, -0.05) is 42.4 Å². The molecule has 0 saturated carbocycles. The predicted molar refractivity (Wildman–Crippen MR) is 60.8 cm³/mol. The van der Waals surface area contributed by atoms with Crippen molar-refractivity contribution < 1.29 is 4.52 Å². The maximum absolute atomic E-state index is 6.10. The van der Waals surface area contributed by atoms with Crippen molar-refractivity contribution in [2.45, 2.75) is 25.8 Å². The summed E-state index contributed by atoms with van der Waals surface area (Å²) in [6, 6.07) is 9.86. The first kappa shape index (κ1) is 10.8. The summed E-state index contributed by atoms with van der Waals surface area (Å²) in [4.78, 5) is 4.15. The van der Waals surface area contributed by atoms with Crippen molar-refractivity contribution >= 4 is 0 Å². The minimum atomic E-state index is -0.236. The molecule has 0 aliphatic rings. The molecule has 2 N–H and O–H groups in total. The molecule has 2 unspecified atom stereocenters. The summed E-state index contributed by atoms with van der Waals surface area (Å²) in [6.07, 6.45) is 0. The van der Waals surface area contributed by atoms with Crippen molar-refractivity contribution in [2.75, 3.05) is 0 Å². The Balaban J connectivity index is 2.19. The number of hydrogen-bond acceptors (Lipinski definition) is 4. The van der Waals surface area contributed by atoms with E-state index >= 15 is 0 Å². The van der Waals surface area contributed by atoms with Gasteiger partial charge in [0, 0.05) is 12.8 Å². The number of hydrogen-bond donors (Lipinski definition) is 1. The molecule has 2 aromatic rings. The van der Waals surface area contributed by atoms with Crippen LogP contribution in [0.3, 0.4) is 0 Å². The summed E-state index contributed by atoms with van der Waals surface area (Å²) >= 11 is 0. The van der Waals surface area contributed by atoms with E-state index in [1.807, 2.05) is 18.2 Å². The van der Waals surface area contributed by atoms with Gasteiger partial charge in [-0.3, -0.25) is 0 Å². The second-order valence-corrected chi connectivity index (χ2v) is 3.90. The zero-order valence-electron chi connectivity index (χ0n) is 9.42. The van der Waals surface area contributed by atoms with Crippen molar-refractivity contribution in [2.24, 2.45) is 5.73 Å². The van der Waals surface area contributed by atoms with E-state index in [-0.39, 0.29) is 12.0 Å². The van der Waals surface area contributed by atoms with Gasteiger partial charge >= 0.3 is 0 Å². The van der Waals surface area contributed by atoms with Crippen LogP contribution in [0.15, 0.2) is 34.9 Å². The Kier molecular flexibility index (Phi) is 3.01. The summed E-state index contributed by atoms with van der Waals surface area (Å²) < 4.78 is 4.93. The molecule has 84 valence electrons. The van der Waals surface area contributed by atoms with Crippen LogP contribution in [-0.4, -0.2) is 10.1 Å². The third-order valence-corrected chi connectivity index (χ3v) is 2.71. The third kappa shape index (κ3) is 2.12. The summed E-state index contributed by atoms with van der Waals surface area (Å²) in [5, 5.41) is 3.85. The van der Waals surface area contributed by atoms with Gasteiger partial charge in [-0.05, 0) is 5.56 Å². The molecule has 1 heterocycles. The number of nitrogens with zero attached hydrogens (tertiary/aromatic N) is 2. The van der Waals surface area contributed by atoms with E-state index < -0.39 is 0 Å². The van der Waals surface area contributed by atoms with Crippen LogP contribution in [0.1, 0.15) is 36.2 Å². The molecule has 0 aliphatic carbocycles. The van der Waals surface area contributed by atoms with E-state index in [1.54, 1.807) is 6.92 Å². The van der Waals surface area contributed by atoms with Gasteiger partial charge in [0.2, 0.25) is 5.89 Å². The molecule has 4 nitrogen and oxygen atoms in total. The topological polar surface area (TPSA) is 64.9 Å². The van der Waals surface area contributed by atoms with E-state index in [9.17, 15) is 0 Å². The molecule has 16 heavy (non-hydrogen) atoms. The average Bonchev–Trinajstić information content (AvgIpc) is 2.75. The number of benzene rings is 1. The fourth-order valence-electron chi connectivity index (χ4n) is 1.64. The number of aromatic nitrogens is 2. The molecule has 2 rings (SSSR count). The van der Waals surface area contributed by atoms with Crippen LogP contribution in [0, 0.1) is 6.92 Å². The van der Waals surface area contributed by atoms with E-state index in [1.165, 1.54) is 5.56 Å². The molecule has 1 aromatic heterocycles. The van der Waals surface area contributed by atoms with Gasteiger partial charge in [-0.15, -0.1) is 0 Å². The summed E-state index contributed by atoms with van der Waals surface area (Å²) in [6.45, 7) is 3.82. The van der Waals surface area contributed by atoms with Crippen LogP contribution < -0.4 is 5.73 Å². The molecule has 0 radical (unpaired) electrons. The zero-order valence-corrected chi connectivity index (χ0v) is 9.42. The number of aryl methyl sites for hydroxylation is 1. The molecular formula is C12H15N3O. The number of nitrogens with two attached hydrogens (primary N) is 1. The minimum Gasteiger partial charge on any atom is -0.340 e. The fraction of sp³-hybridized carbons (Fsp3) is 0.333. The summed E-state index contributed by atoms with van der Waals surface area (Å²) in [5.74, 6) is 1.28. The van der Waals surface area contributed by atoms with E-state index in [0.29, 0.717) is 11.7 Å². The Morgan fingerprint density at radius 3 is 2.50 bits per heavy atom. The van der Waals surface area contributed by atoms with Gasteiger partial charge in [0.25, 0.3) is 0 Å². The molecule has 4 heteroatoms. The maximum atomic E-state index is 6.10. The molecule has 0 fully saturated rings. The van der Waals surface area contributed by atoms with E-state index in [4.69, 9.17) is 10.3 Å². The highest BCUT2D eigenvalue weighted by atomic mass is 16.5. The minimum absolute atomic E-state index is 0.165. The Morgan fingerprint density at radius 2 is 1.94 bits per heavy atom. The highest BCUT2D eigenvalue weighted by molar-refractivity contribution is 5.21. The molecule has 2 atom stereocenters. The van der Waals surface area contributed by atoms with Gasteiger partial charge in [0.05, 0.1) is 6.04 Å². The van der Waals surface area contributed by atoms with E-state index in [0.717, 1.165) is 0 Å². The molecule has 0 aliphatic heterocycles. The molecular weight excluding hydrogens is 202 g/mol. The predicted octanol–water partition coefficient (Wildman–Crippen LogP) is 2.18. The van der Waals surface area contributed by atoms with Crippen LogP contribution in [-0.2, 0) is 0 Å². The van der Waals surface area contributed by atoms with Crippen molar-refractivity contribution in [3.63, 3.8) is 0 Å². The third-order valence-electron chi connectivity index (χ3n) is 2.71. The Hall–Kier alpha value is -1.68. The van der Waals surface area contributed by atoms with Gasteiger partial charge in [0.15, 0.2) is 5.82 Å². The molecule has 0 spiro atoms. The van der Waals surface area contributed by atoms with Crippen molar-refractivity contribution in [3.05, 3.63) is 47.6 Å². The molecule has 0 bridgehead atoms.